The summed E-state index contributed by atoms with van der Waals surface area (Å²) in [5.74, 6) is -0.155. The van der Waals surface area contributed by atoms with Crippen LogP contribution in [0.15, 0.2) is 53.0 Å². The number of aliphatic hydroxyl groups excluding tert-OH is 1. The van der Waals surface area contributed by atoms with E-state index >= 15 is 0 Å². The number of nitrogens with one attached hydrogen (secondary N) is 1. The first kappa shape index (κ1) is 13.8. The van der Waals surface area contributed by atoms with Crippen LogP contribution in [-0.2, 0) is 0 Å². The number of carbonyl (C=O) groups is 1. The Bertz CT molecular complexity index is 562. The van der Waals surface area contributed by atoms with Gasteiger partial charge in [-0.2, -0.15) is 0 Å². The SMILES string of the molecule is CC(O)c1ccc(NC(=O)c2ccc(Br)cc2)cc1. The Hall–Kier alpha value is -1.65. The van der Waals surface area contributed by atoms with E-state index in [1.165, 1.54) is 0 Å². The zero-order valence-corrected chi connectivity index (χ0v) is 12.0. The number of benzene rings is 2. The van der Waals surface area contributed by atoms with Crippen molar-refractivity contribution < 1.29 is 9.90 Å². The largest absolute Gasteiger partial charge is 0.389 e. The Morgan fingerprint density at radius 3 is 2.21 bits per heavy atom. The van der Waals surface area contributed by atoms with Crippen LogP contribution in [0.1, 0.15) is 28.9 Å². The summed E-state index contributed by atoms with van der Waals surface area (Å²) in [5.41, 5.74) is 2.13. The van der Waals surface area contributed by atoms with Crippen LogP contribution in [0.3, 0.4) is 0 Å². The smallest absolute Gasteiger partial charge is 0.255 e. The minimum absolute atomic E-state index is 0.155. The molecular weight excluding hydrogens is 306 g/mol. The molecule has 98 valence electrons. The van der Waals surface area contributed by atoms with Gasteiger partial charge in [0.05, 0.1) is 6.10 Å². The molecular formula is C15H14BrNO2. The minimum Gasteiger partial charge on any atom is -0.389 e. The summed E-state index contributed by atoms with van der Waals surface area (Å²) in [7, 11) is 0. The van der Waals surface area contributed by atoms with E-state index in [-0.39, 0.29) is 5.91 Å². The maximum absolute atomic E-state index is 12.0. The van der Waals surface area contributed by atoms with Crippen molar-refractivity contribution in [3.05, 3.63) is 64.1 Å². The lowest BCUT2D eigenvalue weighted by Crippen LogP contribution is -2.11. The van der Waals surface area contributed by atoms with E-state index < -0.39 is 6.10 Å². The topological polar surface area (TPSA) is 49.3 Å². The van der Waals surface area contributed by atoms with E-state index in [0.717, 1.165) is 10.0 Å². The fourth-order valence-electron chi connectivity index (χ4n) is 1.65. The van der Waals surface area contributed by atoms with Gasteiger partial charge in [-0.3, -0.25) is 4.79 Å². The molecule has 0 spiro atoms. The lowest BCUT2D eigenvalue weighted by molar-refractivity contribution is 0.102. The molecule has 2 aromatic carbocycles. The fourth-order valence-corrected chi connectivity index (χ4v) is 1.91. The van der Waals surface area contributed by atoms with E-state index in [9.17, 15) is 9.90 Å². The standard InChI is InChI=1S/C15H14BrNO2/c1-10(18)11-4-8-14(9-5-11)17-15(19)12-2-6-13(16)7-3-12/h2-10,18H,1H3,(H,17,19). The molecule has 0 saturated carbocycles. The van der Waals surface area contributed by atoms with Gasteiger partial charge in [-0.15, -0.1) is 0 Å². The first-order chi connectivity index (χ1) is 9.06. The maximum Gasteiger partial charge on any atom is 0.255 e. The van der Waals surface area contributed by atoms with Crippen molar-refractivity contribution in [2.75, 3.05) is 5.32 Å². The first-order valence-electron chi connectivity index (χ1n) is 5.91. The number of hydrogen-bond acceptors (Lipinski definition) is 2. The summed E-state index contributed by atoms with van der Waals surface area (Å²) < 4.78 is 0.935. The summed E-state index contributed by atoms with van der Waals surface area (Å²) in [4.78, 5) is 12.0. The molecule has 0 bridgehead atoms. The highest BCUT2D eigenvalue weighted by Crippen LogP contribution is 2.17. The van der Waals surface area contributed by atoms with Crippen LogP contribution >= 0.6 is 15.9 Å². The third-order valence-electron chi connectivity index (χ3n) is 2.76. The quantitative estimate of drug-likeness (QED) is 0.905. The van der Waals surface area contributed by atoms with Crippen molar-refractivity contribution in [3.8, 4) is 0 Å². The molecule has 0 fully saturated rings. The van der Waals surface area contributed by atoms with Gasteiger partial charge in [0.2, 0.25) is 0 Å². The Morgan fingerprint density at radius 2 is 1.68 bits per heavy atom. The van der Waals surface area contributed by atoms with E-state index in [1.54, 1.807) is 43.3 Å². The molecule has 2 rings (SSSR count). The molecule has 1 amide bonds. The number of anilines is 1. The predicted octanol–water partition coefficient (Wildman–Crippen LogP) is 3.75. The zero-order chi connectivity index (χ0) is 13.8. The molecule has 4 heteroatoms. The van der Waals surface area contributed by atoms with Gasteiger partial charge in [0.25, 0.3) is 5.91 Å². The van der Waals surface area contributed by atoms with Crippen LogP contribution in [0.25, 0.3) is 0 Å². The molecule has 1 unspecified atom stereocenters. The van der Waals surface area contributed by atoms with E-state index in [0.29, 0.717) is 11.3 Å². The van der Waals surface area contributed by atoms with Crippen molar-refractivity contribution >= 4 is 27.5 Å². The van der Waals surface area contributed by atoms with Crippen molar-refractivity contribution in [1.29, 1.82) is 0 Å². The van der Waals surface area contributed by atoms with E-state index in [4.69, 9.17) is 0 Å². The second-order valence-corrected chi connectivity index (χ2v) is 5.17. The van der Waals surface area contributed by atoms with E-state index in [2.05, 4.69) is 21.2 Å². The molecule has 3 nitrogen and oxygen atoms in total. The molecule has 0 aliphatic heterocycles. The third-order valence-corrected chi connectivity index (χ3v) is 3.29. The van der Waals surface area contributed by atoms with Crippen LogP contribution in [-0.4, -0.2) is 11.0 Å². The van der Waals surface area contributed by atoms with Crippen molar-refractivity contribution in [1.82, 2.24) is 0 Å². The summed E-state index contributed by atoms with van der Waals surface area (Å²) in [6, 6.07) is 14.3. The minimum atomic E-state index is -0.503. The van der Waals surface area contributed by atoms with Gasteiger partial charge in [0.15, 0.2) is 0 Å². The van der Waals surface area contributed by atoms with Crippen molar-refractivity contribution in [2.45, 2.75) is 13.0 Å². The highest BCUT2D eigenvalue weighted by Gasteiger charge is 2.06. The van der Waals surface area contributed by atoms with Crippen molar-refractivity contribution in [3.63, 3.8) is 0 Å². The second kappa shape index (κ2) is 5.99. The predicted molar refractivity (Wildman–Crippen MR) is 79.2 cm³/mol. The number of amides is 1. The van der Waals surface area contributed by atoms with Crippen LogP contribution in [0.2, 0.25) is 0 Å². The van der Waals surface area contributed by atoms with E-state index in [1.807, 2.05) is 12.1 Å². The molecule has 1 atom stereocenters. The Kier molecular flexibility index (Phi) is 4.35. The van der Waals surface area contributed by atoms with Crippen LogP contribution in [0.5, 0.6) is 0 Å². The highest BCUT2D eigenvalue weighted by molar-refractivity contribution is 9.10. The molecule has 0 aliphatic carbocycles. The first-order valence-corrected chi connectivity index (χ1v) is 6.70. The summed E-state index contributed by atoms with van der Waals surface area (Å²) in [6.07, 6.45) is -0.503. The number of aliphatic hydroxyl groups is 1. The molecule has 0 aliphatic rings. The molecule has 19 heavy (non-hydrogen) atoms. The second-order valence-electron chi connectivity index (χ2n) is 4.26. The highest BCUT2D eigenvalue weighted by atomic mass is 79.9. The van der Waals surface area contributed by atoms with Gasteiger partial charge in [0.1, 0.15) is 0 Å². The van der Waals surface area contributed by atoms with Gasteiger partial charge in [-0.1, -0.05) is 28.1 Å². The summed E-state index contributed by atoms with van der Waals surface area (Å²) in [6.45, 7) is 1.70. The Balaban J connectivity index is 2.08. The summed E-state index contributed by atoms with van der Waals surface area (Å²) in [5, 5.41) is 12.2. The average molecular weight is 320 g/mol. The molecule has 0 saturated heterocycles. The fraction of sp³-hybridized carbons (Fsp3) is 0.133. The molecule has 0 heterocycles. The Labute approximate surface area is 120 Å². The average Bonchev–Trinajstić information content (AvgIpc) is 2.40. The number of rotatable bonds is 3. The van der Waals surface area contributed by atoms with Gasteiger partial charge >= 0.3 is 0 Å². The number of hydrogen-bond donors (Lipinski definition) is 2. The number of carbonyl (C=O) groups excluding carboxylic acids is 1. The third kappa shape index (κ3) is 3.66. The van der Waals surface area contributed by atoms with Crippen LogP contribution in [0, 0.1) is 0 Å². The van der Waals surface area contributed by atoms with Crippen LogP contribution in [0.4, 0.5) is 5.69 Å². The van der Waals surface area contributed by atoms with Crippen molar-refractivity contribution in [2.24, 2.45) is 0 Å². The van der Waals surface area contributed by atoms with Gasteiger partial charge in [-0.25, -0.2) is 0 Å². The van der Waals surface area contributed by atoms with Crippen LogP contribution < -0.4 is 5.32 Å². The van der Waals surface area contributed by atoms with Gasteiger partial charge in [0, 0.05) is 15.7 Å². The summed E-state index contributed by atoms with van der Waals surface area (Å²) >= 11 is 3.33. The van der Waals surface area contributed by atoms with Gasteiger partial charge < -0.3 is 10.4 Å². The Morgan fingerprint density at radius 1 is 1.11 bits per heavy atom. The zero-order valence-electron chi connectivity index (χ0n) is 10.4. The normalized spacial score (nSPS) is 11.9. The molecule has 0 radical (unpaired) electrons. The lowest BCUT2D eigenvalue weighted by Gasteiger charge is -2.08. The molecule has 2 N–H and O–H groups in total. The monoisotopic (exact) mass is 319 g/mol. The van der Waals surface area contributed by atoms with Gasteiger partial charge in [-0.05, 0) is 48.9 Å². The maximum atomic E-state index is 12.0. The number of halogens is 1. The lowest BCUT2D eigenvalue weighted by atomic mass is 10.1. The molecule has 2 aromatic rings. The molecule has 0 aromatic heterocycles.